The highest BCUT2D eigenvalue weighted by atomic mass is 16.7. The molecule has 3 rings (SSSR count). The molecule has 0 N–H and O–H groups in total. The fraction of sp³-hybridized carbons (Fsp3) is 0.636. The molecule has 2 aliphatic carbocycles. The van der Waals surface area contributed by atoms with Crippen LogP contribution in [0.4, 0.5) is 0 Å². The third-order valence-corrected chi connectivity index (χ3v) is 5.96. The maximum atomic E-state index is 6.34. The Morgan fingerprint density at radius 2 is 1.71 bits per heavy atom. The first-order valence-electron chi connectivity index (χ1n) is 9.60. The molecular formula is C22H32O2. The zero-order valence-corrected chi connectivity index (χ0v) is 15.7. The number of ether oxygens (including phenoxy) is 2. The van der Waals surface area contributed by atoms with Gasteiger partial charge < -0.3 is 9.47 Å². The van der Waals surface area contributed by atoms with Crippen molar-refractivity contribution in [3.63, 3.8) is 0 Å². The van der Waals surface area contributed by atoms with Crippen LogP contribution in [0.3, 0.4) is 0 Å². The summed E-state index contributed by atoms with van der Waals surface area (Å²) in [7, 11) is 0. The third kappa shape index (κ3) is 3.54. The van der Waals surface area contributed by atoms with Crippen molar-refractivity contribution in [3.05, 3.63) is 42.0 Å². The van der Waals surface area contributed by atoms with Gasteiger partial charge in [-0.1, -0.05) is 45.1 Å². The Balaban J connectivity index is 1.74. The molecule has 2 nitrogen and oxygen atoms in total. The number of rotatable bonds is 7. The van der Waals surface area contributed by atoms with Gasteiger partial charge in [0.2, 0.25) is 6.29 Å². The normalized spacial score (nSPS) is 30.8. The fourth-order valence-electron chi connectivity index (χ4n) is 4.27. The van der Waals surface area contributed by atoms with Crippen molar-refractivity contribution >= 4 is 0 Å². The van der Waals surface area contributed by atoms with Crippen LogP contribution in [0.1, 0.15) is 58.9 Å². The highest BCUT2D eigenvalue weighted by Gasteiger charge is 2.47. The lowest BCUT2D eigenvalue weighted by Crippen LogP contribution is -2.38. The van der Waals surface area contributed by atoms with E-state index in [1.807, 2.05) is 0 Å². The first-order valence-corrected chi connectivity index (χ1v) is 9.60. The van der Waals surface area contributed by atoms with Crippen LogP contribution in [0.5, 0.6) is 5.75 Å². The Morgan fingerprint density at radius 3 is 2.25 bits per heavy atom. The van der Waals surface area contributed by atoms with Crippen LogP contribution in [0.25, 0.3) is 0 Å². The molecule has 1 aromatic carbocycles. The summed E-state index contributed by atoms with van der Waals surface area (Å²) in [5.74, 6) is 3.91. The number of fused-ring (bicyclic) bond motifs is 2. The Hall–Kier alpha value is -1.28. The van der Waals surface area contributed by atoms with Gasteiger partial charge in [0.15, 0.2) is 0 Å². The summed E-state index contributed by atoms with van der Waals surface area (Å²) in [6, 6.07) is 8.60. The van der Waals surface area contributed by atoms with E-state index < -0.39 is 0 Å². The van der Waals surface area contributed by atoms with Crippen molar-refractivity contribution in [2.45, 2.75) is 65.8 Å². The highest BCUT2D eigenvalue weighted by Crippen LogP contribution is 2.50. The maximum Gasteiger partial charge on any atom is 0.203 e. The van der Waals surface area contributed by atoms with Gasteiger partial charge in [-0.15, -0.1) is 0 Å². The van der Waals surface area contributed by atoms with Crippen LogP contribution >= 0.6 is 0 Å². The summed E-state index contributed by atoms with van der Waals surface area (Å²) < 4.78 is 12.5. The smallest absolute Gasteiger partial charge is 0.203 e. The Morgan fingerprint density at radius 1 is 1.04 bits per heavy atom. The zero-order valence-electron chi connectivity index (χ0n) is 15.7. The topological polar surface area (TPSA) is 18.5 Å². The summed E-state index contributed by atoms with van der Waals surface area (Å²) in [5.41, 5.74) is 1.38. The molecule has 2 aliphatic rings. The van der Waals surface area contributed by atoms with Gasteiger partial charge in [0.25, 0.3) is 0 Å². The summed E-state index contributed by atoms with van der Waals surface area (Å²) in [5, 5.41) is 0. The Kier molecular flexibility index (Phi) is 5.34. The van der Waals surface area contributed by atoms with E-state index in [2.05, 4.69) is 71.0 Å². The molecule has 0 saturated heterocycles. The lowest BCUT2D eigenvalue weighted by Gasteiger charge is -2.34. The van der Waals surface area contributed by atoms with Gasteiger partial charge in [0, 0.05) is 5.92 Å². The van der Waals surface area contributed by atoms with Crippen molar-refractivity contribution < 1.29 is 9.47 Å². The number of hydrogen-bond donors (Lipinski definition) is 0. The van der Waals surface area contributed by atoms with Crippen molar-refractivity contribution in [2.75, 3.05) is 0 Å². The van der Waals surface area contributed by atoms with Crippen molar-refractivity contribution in [3.8, 4) is 5.75 Å². The fourth-order valence-corrected chi connectivity index (χ4v) is 4.27. The van der Waals surface area contributed by atoms with Gasteiger partial charge in [-0.3, -0.25) is 0 Å². The van der Waals surface area contributed by atoms with E-state index in [9.17, 15) is 0 Å². The Labute approximate surface area is 147 Å². The predicted octanol–water partition coefficient (Wildman–Crippen LogP) is 5.79. The van der Waals surface area contributed by atoms with E-state index in [0.29, 0.717) is 29.6 Å². The van der Waals surface area contributed by atoms with Crippen molar-refractivity contribution in [1.82, 2.24) is 0 Å². The first-order chi connectivity index (χ1) is 11.5. The summed E-state index contributed by atoms with van der Waals surface area (Å²) in [6.45, 7) is 11.0. The molecule has 0 heterocycles. The van der Waals surface area contributed by atoms with E-state index in [1.165, 1.54) is 12.0 Å². The van der Waals surface area contributed by atoms with Gasteiger partial charge >= 0.3 is 0 Å². The van der Waals surface area contributed by atoms with Crippen LogP contribution in [0, 0.1) is 23.7 Å². The standard InChI is InChI=1S/C22H32O2/c1-6-15(4)17-9-11-20(12-10-17)24-22(23-14(2)3)21-16(5)18-7-8-19(21)13-18/h7-12,14-16,18-19,21-22H,6,13H2,1-5H3. The molecule has 24 heavy (non-hydrogen) atoms. The molecule has 2 heteroatoms. The highest BCUT2D eigenvalue weighted by molar-refractivity contribution is 5.29. The van der Waals surface area contributed by atoms with Gasteiger partial charge in [-0.2, -0.15) is 0 Å². The van der Waals surface area contributed by atoms with Crippen LogP contribution in [-0.4, -0.2) is 12.4 Å². The van der Waals surface area contributed by atoms with E-state index >= 15 is 0 Å². The zero-order chi connectivity index (χ0) is 17.3. The second-order valence-corrected chi connectivity index (χ2v) is 7.93. The average Bonchev–Trinajstić information content (AvgIpc) is 3.15. The quantitative estimate of drug-likeness (QED) is 0.466. The van der Waals surface area contributed by atoms with Crippen LogP contribution < -0.4 is 4.74 Å². The van der Waals surface area contributed by atoms with Gasteiger partial charge in [0.1, 0.15) is 5.75 Å². The maximum absolute atomic E-state index is 6.34. The molecule has 0 radical (unpaired) electrons. The minimum absolute atomic E-state index is 0.158. The molecule has 0 spiro atoms. The second-order valence-electron chi connectivity index (χ2n) is 7.93. The van der Waals surface area contributed by atoms with Gasteiger partial charge in [0.05, 0.1) is 6.10 Å². The minimum Gasteiger partial charge on any atom is -0.465 e. The molecule has 0 aromatic heterocycles. The summed E-state index contributed by atoms with van der Waals surface area (Å²) in [4.78, 5) is 0. The van der Waals surface area contributed by atoms with Gasteiger partial charge in [-0.05, 0) is 68.1 Å². The second kappa shape index (κ2) is 7.31. The molecular weight excluding hydrogens is 296 g/mol. The minimum atomic E-state index is -0.158. The largest absolute Gasteiger partial charge is 0.465 e. The Bertz CT molecular complexity index is 560. The average molecular weight is 328 g/mol. The SMILES string of the molecule is CCC(C)c1ccc(OC(OC(C)C)C2C3C=CC(C3)C2C)cc1. The molecule has 6 atom stereocenters. The number of hydrogen-bond acceptors (Lipinski definition) is 2. The molecule has 132 valence electrons. The van der Waals surface area contributed by atoms with Crippen molar-refractivity contribution in [2.24, 2.45) is 23.7 Å². The predicted molar refractivity (Wildman–Crippen MR) is 99.2 cm³/mol. The van der Waals surface area contributed by atoms with Crippen LogP contribution in [0.15, 0.2) is 36.4 Å². The molecule has 0 amide bonds. The van der Waals surface area contributed by atoms with Crippen molar-refractivity contribution in [1.29, 1.82) is 0 Å². The molecule has 2 bridgehead atoms. The molecule has 0 aliphatic heterocycles. The lowest BCUT2D eigenvalue weighted by atomic mass is 9.84. The molecule has 1 fully saturated rings. The number of allylic oxidation sites excluding steroid dienone is 2. The first kappa shape index (κ1) is 17.5. The summed E-state index contributed by atoms with van der Waals surface area (Å²) >= 11 is 0. The number of benzene rings is 1. The summed E-state index contributed by atoms with van der Waals surface area (Å²) in [6.07, 6.45) is 7.20. The monoisotopic (exact) mass is 328 g/mol. The van der Waals surface area contributed by atoms with E-state index in [-0.39, 0.29) is 12.4 Å². The van der Waals surface area contributed by atoms with E-state index in [0.717, 1.165) is 12.2 Å². The molecule has 6 unspecified atom stereocenters. The van der Waals surface area contributed by atoms with E-state index in [1.54, 1.807) is 0 Å². The molecule has 1 saturated carbocycles. The van der Waals surface area contributed by atoms with Crippen LogP contribution in [-0.2, 0) is 4.74 Å². The molecule has 1 aromatic rings. The van der Waals surface area contributed by atoms with Gasteiger partial charge in [-0.25, -0.2) is 0 Å². The lowest BCUT2D eigenvalue weighted by molar-refractivity contribution is -0.153. The third-order valence-electron chi connectivity index (χ3n) is 5.96. The van der Waals surface area contributed by atoms with E-state index in [4.69, 9.17) is 9.47 Å². The van der Waals surface area contributed by atoms with Crippen LogP contribution in [0.2, 0.25) is 0 Å².